The fraction of sp³-hybridized carbons (Fsp3) is 0.867. The molecule has 2 heterocycles. The van der Waals surface area contributed by atoms with Crippen molar-refractivity contribution in [3.8, 4) is 12.1 Å². The number of rotatable bonds is 4. The molecule has 2 unspecified atom stereocenters. The van der Waals surface area contributed by atoms with Gasteiger partial charge < -0.3 is 18.9 Å². The van der Waals surface area contributed by atoms with Crippen molar-refractivity contribution in [1.82, 2.24) is 0 Å². The van der Waals surface area contributed by atoms with Gasteiger partial charge in [0.25, 0.3) is 0 Å². The first-order valence-corrected chi connectivity index (χ1v) is 7.48. The first-order chi connectivity index (χ1) is 10.3. The molecule has 0 aromatic carbocycles. The van der Waals surface area contributed by atoms with E-state index in [0.717, 1.165) is 12.8 Å². The van der Waals surface area contributed by atoms with Gasteiger partial charge in [-0.1, -0.05) is 0 Å². The molecule has 0 aromatic rings. The standard InChI is InChI=1S/C15H22N2O4/c16-7-1-3-13-18-9-5-15(11-20-13)6-10-19-14(21-12-15)4-2-8-17/h13-14H,1-6,9-12H2. The highest BCUT2D eigenvalue weighted by atomic mass is 16.7. The highest BCUT2D eigenvalue weighted by Gasteiger charge is 2.37. The Hall–Kier alpha value is -1.18. The van der Waals surface area contributed by atoms with Crippen molar-refractivity contribution in [3.63, 3.8) is 0 Å². The zero-order valence-electron chi connectivity index (χ0n) is 12.3. The van der Waals surface area contributed by atoms with Crippen LogP contribution >= 0.6 is 0 Å². The lowest BCUT2D eigenvalue weighted by Crippen LogP contribution is -2.32. The summed E-state index contributed by atoms with van der Waals surface area (Å²) in [6, 6.07) is 4.22. The van der Waals surface area contributed by atoms with Crippen LogP contribution in [0, 0.1) is 28.1 Å². The fourth-order valence-electron chi connectivity index (χ4n) is 2.60. The van der Waals surface area contributed by atoms with Gasteiger partial charge in [0.2, 0.25) is 0 Å². The summed E-state index contributed by atoms with van der Waals surface area (Å²) in [6.45, 7) is 2.36. The number of nitrogens with zero attached hydrogens (tertiary/aromatic N) is 2. The molecule has 2 rings (SSSR count). The Morgan fingerprint density at radius 1 is 0.810 bits per heavy atom. The zero-order valence-corrected chi connectivity index (χ0v) is 12.3. The minimum Gasteiger partial charge on any atom is -0.353 e. The molecular formula is C15H22N2O4. The number of ether oxygens (including phenoxy) is 4. The quantitative estimate of drug-likeness (QED) is 0.789. The van der Waals surface area contributed by atoms with E-state index < -0.39 is 0 Å². The second-order valence-corrected chi connectivity index (χ2v) is 5.62. The van der Waals surface area contributed by atoms with Gasteiger partial charge in [0.15, 0.2) is 12.6 Å². The summed E-state index contributed by atoms with van der Waals surface area (Å²) in [5, 5.41) is 17.3. The summed E-state index contributed by atoms with van der Waals surface area (Å²) in [5.41, 5.74) is -0.0806. The van der Waals surface area contributed by atoms with Crippen LogP contribution in [0.3, 0.4) is 0 Å². The summed E-state index contributed by atoms with van der Waals surface area (Å²) in [6.07, 6.45) is 3.24. The van der Waals surface area contributed by atoms with Crippen LogP contribution in [0.5, 0.6) is 0 Å². The molecular weight excluding hydrogens is 272 g/mol. The van der Waals surface area contributed by atoms with E-state index in [-0.39, 0.29) is 18.0 Å². The number of hydrogen-bond donors (Lipinski definition) is 0. The summed E-state index contributed by atoms with van der Waals surface area (Å²) in [7, 11) is 0. The van der Waals surface area contributed by atoms with Gasteiger partial charge >= 0.3 is 0 Å². The molecule has 6 nitrogen and oxygen atoms in total. The molecule has 0 N–H and O–H groups in total. The average molecular weight is 294 g/mol. The molecule has 2 aliphatic rings. The van der Waals surface area contributed by atoms with Crippen molar-refractivity contribution >= 4 is 0 Å². The number of hydrogen-bond acceptors (Lipinski definition) is 6. The molecule has 1 spiro atoms. The van der Waals surface area contributed by atoms with Crippen LogP contribution in [-0.4, -0.2) is 39.0 Å². The second kappa shape index (κ2) is 8.31. The first kappa shape index (κ1) is 16.2. The zero-order chi connectivity index (χ0) is 15.0. The SMILES string of the molecule is N#CCCC1OCCC2(CCOC(CCC#N)OC2)CO1. The molecule has 2 saturated heterocycles. The van der Waals surface area contributed by atoms with Crippen molar-refractivity contribution in [2.24, 2.45) is 5.41 Å². The van der Waals surface area contributed by atoms with E-state index in [2.05, 4.69) is 12.1 Å². The molecule has 0 saturated carbocycles. The van der Waals surface area contributed by atoms with E-state index >= 15 is 0 Å². The largest absolute Gasteiger partial charge is 0.353 e. The minimum atomic E-state index is -0.289. The van der Waals surface area contributed by atoms with E-state index in [9.17, 15) is 0 Å². The van der Waals surface area contributed by atoms with E-state index in [1.165, 1.54) is 0 Å². The van der Waals surface area contributed by atoms with Crippen molar-refractivity contribution in [2.75, 3.05) is 26.4 Å². The average Bonchev–Trinajstić information content (AvgIpc) is 2.82. The highest BCUT2D eigenvalue weighted by Crippen LogP contribution is 2.34. The Bertz CT molecular complexity index is 363. The molecule has 2 atom stereocenters. The molecule has 116 valence electrons. The smallest absolute Gasteiger partial charge is 0.158 e. The van der Waals surface area contributed by atoms with Gasteiger partial charge in [0.05, 0.1) is 38.6 Å². The highest BCUT2D eigenvalue weighted by molar-refractivity contribution is 4.83. The fourth-order valence-corrected chi connectivity index (χ4v) is 2.60. The maximum atomic E-state index is 8.63. The van der Waals surface area contributed by atoms with Crippen LogP contribution in [-0.2, 0) is 18.9 Å². The molecule has 0 bridgehead atoms. The van der Waals surface area contributed by atoms with Crippen LogP contribution in [0.25, 0.3) is 0 Å². The van der Waals surface area contributed by atoms with Gasteiger partial charge in [-0.05, 0) is 12.8 Å². The van der Waals surface area contributed by atoms with Crippen LogP contribution in [0.4, 0.5) is 0 Å². The van der Waals surface area contributed by atoms with Gasteiger partial charge in [-0.15, -0.1) is 0 Å². The third-order valence-corrected chi connectivity index (χ3v) is 4.01. The van der Waals surface area contributed by atoms with Gasteiger partial charge in [0.1, 0.15) is 0 Å². The van der Waals surface area contributed by atoms with E-state index in [1.807, 2.05) is 0 Å². The predicted molar refractivity (Wildman–Crippen MR) is 72.7 cm³/mol. The molecule has 6 heteroatoms. The van der Waals surface area contributed by atoms with Crippen molar-refractivity contribution in [2.45, 2.75) is 51.1 Å². The Labute approximate surface area is 125 Å². The lowest BCUT2D eigenvalue weighted by atomic mass is 9.83. The molecule has 2 aliphatic heterocycles. The van der Waals surface area contributed by atoms with Gasteiger partial charge in [-0.3, -0.25) is 0 Å². The van der Waals surface area contributed by atoms with Crippen molar-refractivity contribution in [3.05, 3.63) is 0 Å². The Balaban J connectivity index is 1.85. The lowest BCUT2D eigenvalue weighted by Gasteiger charge is -2.29. The normalized spacial score (nSPS) is 33.6. The van der Waals surface area contributed by atoms with Crippen LogP contribution in [0.2, 0.25) is 0 Å². The van der Waals surface area contributed by atoms with Crippen molar-refractivity contribution in [1.29, 1.82) is 10.5 Å². The predicted octanol–water partition coefficient (Wildman–Crippen LogP) is 2.11. The Kier molecular flexibility index (Phi) is 6.41. The maximum absolute atomic E-state index is 8.63. The van der Waals surface area contributed by atoms with E-state index in [1.54, 1.807) is 0 Å². The van der Waals surface area contributed by atoms with Crippen molar-refractivity contribution < 1.29 is 18.9 Å². The van der Waals surface area contributed by atoms with Crippen LogP contribution < -0.4 is 0 Å². The maximum Gasteiger partial charge on any atom is 0.158 e. The topological polar surface area (TPSA) is 84.5 Å². The van der Waals surface area contributed by atoms with Gasteiger partial charge in [0, 0.05) is 31.1 Å². The summed E-state index contributed by atoms with van der Waals surface area (Å²) in [4.78, 5) is 0. The first-order valence-electron chi connectivity index (χ1n) is 7.48. The second-order valence-electron chi connectivity index (χ2n) is 5.62. The third kappa shape index (κ3) is 4.94. The summed E-state index contributed by atoms with van der Waals surface area (Å²) < 4.78 is 22.9. The van der Waals surface area contributed by atoms with E-state index in [4.69, 9.17) is 29.5 Å². The molecule has 0 aromatic heterocycles. The Morgan fingerprint density at radius 3 is 1.71 bits per heavy atom. The van der Waals surface area contributed by atoms with Gasteiger partial charge in [-0.2, -0.15) is 10.5 Å². The number of nitriles is 2. The summed E-state index contributed by atoms with van der Waals surface area (Å²) >= 11 is 0. The molecule has 2 fully saturated rings. The van der Waals surface area contributed by atoms with Crippen LogP contribution in [0.15, 0.2) is 0 Å². The monoisotopic (exact) mass is 294 g/mol. The molecule has 0 aliphatic carbocycles. The summed E-state index contributed by atoms with van der Waals surface area (Å²) in [5.74, 6) is 0. The minimum absolute atomic E-state index is 0.0806. The lowest BCUT2D eigenvalue weighted by molar-refractivity contribution is -0.150. The molecule has 0 amide bonds. The third-order valence-electron chi connectivity index (χ3n) is 4.01. The van der Waals surface area contributed by atoms with Crippen LogP contribution in [0.1, 0.15) is 38.5 Å². The molecule has 0 radical (unpaired) electrons. The molecule has 21 heavy (non-hydrogen) atoms. The van der Waals surface area contributed by atoms with Gasteiger partial charge in [-0.25, -0.2) is 0 Å². The Morgan fingerprint density at radius 2 is 1.29 bits per heavy atom. The van der Waals surface area contributed by atoms with E-state index in [0.29, 0.717) is 52.1 Å².